The third-order valence-corrected chi connectivity index (χ3v) is 7.96. The van der Waals surface area contributed by atoms with Crippen LogP contribution in [0, 0.1) is 17.3 Å². The van der Waals surface area contributed by atoms with Crippen molar-refractivity contribution in [2.24, 2.45) is 17.3 Å². The molecule has 0 aromatic carbocycles. The topological polar surface area (TPSA) is 61.5 Å². The normalized spacial score (nSPS) is 27.4. The fourth-order valence-electron chi connectivity index (χ4n) is 5.78. The van der Waals surface area contributed by atoms with Crippen molar-refractivity contribution in [3.63, 3.8) is 0 Å². The standard InChI is InChI=1S/C25H42N2O4/c1-20-14-21(2)25(22(3)15-20,18-30-23(28)16-26-10-6-4-7-11-26)19-31-24(29)17-27-12-8-5-9-13-27/h14,21-22H,4-13,15-19H2,1-3H3/p+2/t21-,22+/m1/s1. The zero-order chi connectivity index (χ0) is 22.3. The smallest absolute Gasteiger partial charge is 0.361 e. The number of hydrogen-bond acceptors (Lipinski definition) is 4. The van der Waals surface area contributed by atoms with Gasteiger partial charge in [-0.15, -0.1) is 0 Å². The first-order valence-corrected chi connectivity index (χ1v) is 12.5. The number of esters is 2. The van der Waals surface area contributed by atoms with Crippen molar-refractivity contribution in [3.05, 3.63) is 11.6 Å². The van der Waals surface area contributed by atoms with Crippen LogP contribution in [0.2, 0.25) is 0 Å². The van der Waals surface area contributed by atoms with E-state index in [1.807, 2.05) is 0 Å². The Labute approximate surface area is 188 Å². The minimum Gasteiger partial charge on any atom is -0.461 e. The third kappa shape index (κ3) is 6.79. The molecule has 3 aliphatic rings. The van der Waals surface area contributed by atoms with Gasteiger partial charge in [0.15, 0.2) is 13.1 Å². The van der Waals surface area contributed by atoms with Crippen LogP contribution in [-0.2, 0) is 19.1 Å². The van der Waals surface area contributed by atoms with Gasteiger partial charge in [0.05, 0.1) is 26.2 Å². The molecule has 0 radical (unpaired) electrons. The molecule has 2 atom stereocenters. The van der Waals surface area contributed by atoms with Crippen molar-refractivity contribution in [1.82, 2.24) is 0 Å². The lowest BCUT2D eigenvalue weighted by Gasteiger charge is -2.45. The monoisotopic (exact) mass is 436 g/mol. The molecule has 0 bridgehead atoms. The molecule has 0 unspecified atom stereocenters. The predicted octanol–water partition coefficient (Wildman–Crippen LogP) is 0.819. The summed E-state index contributed by atoms with van der Waals surface area (Å²) in [5.74, 6) is 0.247. The molecule has 176 valence electrons. The number of likely N-dealkylation sites (tertiary alicyclic amines) is 2. The van der Waals surface area contributed by atoms with Crippen molar-refractivity contribution < 1.29 is 28.9 Å². The molecular weight excluding hydrogens is 392 g/mol. The van der Waals surface area contributed by atoms with Gasteiger partial charge >= 0.3 is 11.9 Å². The number of allylic oxidation sites excluding steroid dienone is 2. The first-order valence-electron chi connectivity index (χ1n) is 12.5. The lowest BCUT2D eigenvalue weighted by Crippen LogP contribution is -3.13. The van der Waals surface area contributed by atoms with E-state index in [1.165, 1.54) is 53.9 Å². The summed E-state index contributed by atoms with van der Waals surface area (Å²) in [4.78, 5) is 27.9. The van der Waals surface area contributed by atoms with Crippen LogP contribution in [0.1, 0.15) is 65.7 Å². The van der Waals surface area contributed by atoms with E-state index in [0.29, 0.717) is 26.3 Å². The molecule has 0 aromatic rings. The average molecular weight is 437 g/mol. The second-order valence-electron chi connectivity index (χ2n) is 10.4. The lowest BCUT2D eigenvalue weighted by atomic mass is 9.63. The van der Waals surface area contributed by atoms with Crippen LogP contribution in [0.4, 0.5) is 0 Å². The van der Waals surface area contributed by atoms with Crippen molar-refractivity contribution in [1.29, 1.82) is 0 Å². The van der Waals surface area contributed by atoms with Crippen molar-refractivity contribution in [2.75, 3.05) is 52.5 Å². The Balaban J connectivity index is 1.58. The molecule has 2 heterocycles. The van der Waals surface area contributed by atoms with Gasteiger partial charge in [0.2, 0.25) is 0 Å². The Hall–Kier alpha value is -1.40. The zero-order valence-corrected chi connectivity index (χ0v) is 20.0. The van der Waals surface area contributed by atoms with Crippen molar-refractivity contribution >= 4 is 11.9 Å². The fraction of sp³-hybridized carbons (Fsp3) is 0.840. The van der Waals surface area contributed by atoms with Crippen LogP contribution < -0.4 is 9.80 Å². The Bertz CT molecular complexity index is 599. The summed E-state index contributed by atoms with van der Waals surface area (Å²) in [6.07, 6.45) is 10.5. The summed E-state index contributed by atoms with van der Waals surface area (Å²) in [5.41, 5.74) is 1.02. The SMILES string of the molecule is CC1=C[C@@H](C)C(COC(=O)C[NH+]2CCCCC2)(COC(=O)C[NH+]2CCCCC2)[C@@H](C)C1. The minimum absolute atomic E-state index is 0.119. The zero-order valence-electron chi connectivity index (χ0n) is 20.0. The van der Waals surface area contributed by atoms with E-state index in [0.717, 1.165) is 32.6 Å². The van der Waals surface area contributed by atoms with Crippen LogP contribution in [0.5, 0.6) is 0 Å². The molecule has 2 saturated heterocycles. The molecule has 3 rings (SSSR count). The number of carbonyl (C=O) groups excluding carboxylic acids is 2. The maximum absolute atomic E-state index is 12.6. The van der Waals surface area contributed by atoms with Crippen molar-refractivity contribution in [3.8, 4) is 0 Å². The summed E-state index contributed by atoms with van der Waals surface area (Å²) < 4.78 is 11.7. The van der Waals surface area contributed by atoms with E-state index >= 15 is 0 Å². The molecule has 0 spiro atoms. The van der Waals surface area contributed by atoms with Gasteiger partial charge in [-0.2, -0.15) is 0 Å². The predicted molar refractivity (Wildman–Crippen MR) is 120 cm³/mol. The highest BCUT2D eigenvalue weighted by atomic mass is 16.5. The van der Waals surface area contributed by atoms with Crippen LogP contribution in [0.3, 0.4) is 0 Å². The van der Waals surface area contributed by atoms with Crippen LogP contribution >= 0.6 is 0 Å². The number of ether oxygens (including phenoxy) is 2. The van der Waals surface area contributed by atoms with Gasteiger partial charge in [-0.05, 0) is 63.7 Å². The molecule has 31 heavy (non-hydrogen) atoms. The maximum atomic E-state index is 12.6. The second kappa shape index (κ2) is 11.5. The summed E-state index contributed by atoms with van der Waals surface area (Å²) in [5, 5.41) is 0. The Kier molecular flexibility index (Phi) is 8.96. The lowest BCUT2D eigenvalue weighted by molar-refractivity contribution is -0.897. The van der Waals surface area contributed by atoms with E-state index in [9.17, 15) is 9.59 Å². The second-order valence-corrected chi connectivity index (χ2v) is 10.4. The van der Waals surface area contributed by atoms with Gasteiger partial charge in [0.25, 0.3) is 0 Å². The summed E-state index contributed by atoms with van der Waals surface area (Å²) in [6, 6.07) is 0. The number of carbonyl (C=O) groups is 2. The van der Waals surface area contributed by atoms with Crippen LogP contribution in [0.15, 0.2) is 11.6 Å². The molecule has 6 nitrogen and oxygen atoms in total. The molecule has 0 saturated carbocycles. The molecule has 6 heteroatoms. The first-order chi connectivity index (χ1) is 14.9. The van der Waals surface area contributed by atoms with E-state index in [4.69, 9.17) is 9.47 Å². The highest BCUT2D eigenvalue weighted by Gasteiger charge is 2.45. The molecular formula is C25H44N2O4+2. The van der Waals surface area contributed by atoms with Gasteiger partial charge < -0.3 is 19.3 Å². The fourth-order valence-corrected chi connectivity index (χ4v) is 5.78. The quantitative estimate of drug-likeness (QED) is 0.437. The number of rotatable bonds is 8. The molecule has 0 aromatic heterocycles. The first kappa shape index (κ1) is 24.2. The molecule has 1 aliphatic carbocycles. The minimum atomic E-state index is -0.348. The molecule has 2 fully saturated rings. The number of piperidine rings is 2. The van der Waals surface area contributed by atoms with E-state index in [1.54, 1.807) is 0 Å². The Morgan fingerprint density at radius 2 is 1.32 bits per heavy atom. The highest BCUT2D eigenvalue weighted by Crippen LogP contribution is 2.45. The Morgan fingerprint density at radius 3 is 1.74 bits per heavy atom. The van der Waals surface area contributed by atoms with Gasteiger partial charge in [-0.3, -0.25) is 0 Å². The van der Waals surface area contributed by atoms with Gasteiger partial charge in [-0.25, -0.2) is 9.59 Å². The van der Waals surface area contributed by atoms with Crippen LogP contribution in [0.25, 0.3) is 0 Å². The van der Waals surface area contributed by atoms with Gasteiger partial charge in [-0.1, -0.05) is 25.5 Å². The van der Waals surface area contributed by atoms with Gasteiger partial charge in [0.1, 0.15) is 13.2 Å². The third-order valence-electron chi connectivity index (χ3n) is 7.96. The maximum Gasteiger partial charge on any atom is 0.361 e. The van der Waals surface area contributed by atoms with E-state index in [2.05, 4.69) is 26.8 Å². The summed E-state index contributed by atoms with van der Waals surface area (Å²) >= 11 is 0. The van der Waals surface area contributed by atoms with Crippen molar-refractivity contribution in [2.45, 2.75) is 65.7 Å². The largest absolute Gasteiger partial charge is 0.461 e. The number of hydrogen-bond donors (Lipinski definition) is 2. The van der Waals surface area contributed by atoms with E-state index < -0.39 is 0 Å². The molecule has 2 aliphatic heterocycles. The van der Waals surface area contributed by atoms with Crippen LogP contribution in [-0.4, -0.2) is 64.4 Å². The van der Waals surface area contributed by atoms with E-state index in [-0.39, 0.29) is 29.2 Å². The highest BCUT2D eigenvalue weighted by molar-refractivity contribution is 5.71. The Morgan fingerprint density at radius 1 is 0.871 bits per heavy atom. The average Bonchev–Trinajstić information content (AvgIpc) is 2.74. The number of quaternary nitrogens is 2. The molecule has 2 N–H and O–H groups in total. The summed E-state index contributed by atoms with van der Waals surface area (Å²) in [7, 11) is 0. The summed E-state index contributed by atoms with van der Waals surface area (Å²) in [6.45, 7) is 12.3. The number of nitrogens with one attached hydrogen (secondary N) is 2. The van der Waals surface area contributed by atoms with Gasteiger partial charge in [0, 0.05) is 5.41 Å². The molecule has 0 amide bonds.